The topological polar surface area (TPSA) is 77.3 Å². The molecule has 0 aliphatic heterocycles. The molecule has 7 heteroatoms. The van der Waals surface area contributed by atoms with Crippen LogP contribution in [0.25, 0.3) is 88.2 Å². The number of thiophene rings is 1. The molecule has 230 valence electrons. The van der Waals surface area contributed by atoms with Gasteiger partial charge >= 0.3 is 0 Å². The zero-order valence-electron chi connectivity index (χ0n) is 26.1. The maximum atomic E-state index is 4.96. The third-order valence-electron chi connectivity index (χ3n) is 8.49. The van der Waals surface area contributed by atoms with Gasteiger partial charge < -0.3 is 0 Å². The lowest BCUT2D eigenvalue weighted by Gasteiger charge is -2.10. The monoisotopic (exact) mass is 646 g/mol. The van der Waals surface area contributed by atoms with E-state index in [2.05, 4.69) is 71.7 Å². The van der Waals surface area contributed by atoms with E-state index in [1.807, 2.05) is 91.3 Å². The van der Waals surface area contributed by atoms with E-state index in [0.717, 1.165) is 59.4 Å². The van der Waals surface area contributed by atoms with Crippen LogP contribution in [0.3, 0.4) is 0 Å². The number of hydrogen-bond donors (Lipinski definition) is 0. The van der Waals surface area contributed by atoms with Crippen LogP contribution in [0.5, 0.6) is 0 Å². The average molecular weight is 647 g/mol. The van der Waals surface area contributed by atoms with Crippen LogP contribution in [0.15, 0.2) is 158 Å². The van der Waals surface area contributed by atoms with E-state index in [1.54, 1.807) is 11.3 Å². The second-order valence-electron chi connectivity index (χ2n) is 11.6. The number of fused-ring (bicyclic) bond motifs is 3. The van der Waals surface area contributed by atoms with Crippen molar-refractivity contribution in [2.45, 2.75) is 0 Å². The van der Waals surface area contributed by atoms with Crippen LogP contribution in [-0.4, -0.2) is 29.9 Å². The second kappa shape index (κ2) is 12.3. The van der Waals surface area contributed by atoms with Crippen molar-refractivity contribution in [2.75, 3.05) is 0 Å². The van der Waals surface area contributed by atoms with Gasteiger partial charge in [-0.25, -0.2) is 29.9 Å². The van der Waals surface area contributed by atoms with E-state index < -0.39 is 0 Å². The molecule has 0 amide bonds. The number of aromatic nitrogens is 6. The molecule has 0 spiro atoms. The van der Waals surface area contributed by atoms with E-state index in [9.17, 15) is 0 Å². The van der Waals surface area contributed by atoms with Crippen molar-refractivity contribution in [3.8, 4) is 67.8 Å². The van der Waals surface area contributed by atoms with Gasteiger partial charge in [0.15, 0.2) is 23.3 Å². The number of benzene rings is 5. The van der Waals surface area contributed by atoms with Gasteiger partial charge in [0.2, 0.25) is 0 Å². The van der Waals surface area contributed by atoms with Gasteiger partial charge in [0, 0.05) is 45.6 Å². The minimum absolute atomic E-state index is 0.616. The van der Waals surface area contributed by atoms with Gasteiger partial charge in [0.25, 0.3) is 0 Å². The number of rotatable bonds is 6. The quantitative estimate of drug-likeness (QED) is 0.179. The van der Waals surface area contributed by atoms with Gasteiger partial charge in [0.1, 0.15) is 4.83 Å². The summed E-state index contributed by atoms with van der Waals surface area (Å²) in [5, 5.41) is 1.02. The van der Waals surface area contributed by atoms with Gasteiger partial charge in [-0.15, -0.1) is 11.3 Å². The Kier molecular flexibility index (Phi) is 7.22. The van der Waals surface area contributed by atoms with E-state index in [-0.39, 0.29) is 0 Å². The summed E-state index contributed by atoms with van der Waals surface area (Å²) in [5.41, 5.74) is 9.05. The molecule has 4 aromatic heterocycles. The SMILES string of the molecule is c1ccc(-c2ccc(-c3nc(-c4ccccc4)nc(-c4ccc(-c5cnc6sc7cnc(-c8ccccc8)nc7c6c5)cc4)n3)cc2)cc1. The molecular weight excluding hydrogens is 621 g/mol. The molecule has 0 aliphatic carbocycles. The van der Waals surface area contributed by atoms with Crippen LogP contribution < -0.4 is 0 Å². The molecule has 0 N–H and O–H groups in total. The van der Waals surface area contributed by atoms with Gasteiger partial charge in [-0.3, -0.25) is 0 Å². The molecule has 0 radical (unpaired) electrons. The summed E-state index contributed by atoms with van der Waals surface area (Å²) < 4.78 is 1.02. The van der Waals surface area contributed by atoms with Crippen molar-refractivity contribution in [2.24, 2.45) is 0 Å². The van der Waals surface area contributed by atoms with Crippen LogP contribution in [-0.2, 0) is 0 Å². The first-order chi connectivity index (χ1) is 24.2. The highest BCUT2D eigenvalue weighted by molar-refractivity contribution is 7.25. The Balaban J connectivity index is 1.08. The van der Waals surface area contributed by atoms with Crippen molar-refractivity contribution in [1.82, 2.24) is 29.9 Å². The first-order valence-electron chi connectivity index (χ1n) is 15.9. The Morgan fingerprint density at radius 2 is 0.776 bits per heavy atom. The Labute approximate surface area is 286 Å². The maximum absolute atomic E-state index is 4.96. The summed E-state index contributed by atoms with van der Waals surface area (Å²) in [6.07, 6.45) is 3.82. The predicted octanol–water partition coefficient (Wildman–Crippen LogP) is 10.4. The van der Waals surface area contributed by atoms with Crippen molar-refractivity contribution >= 4 is 31.8 Å². The minimum Gasteiger partial charge on any atom is -0.245 e. The number of nitrogens with zero attached hydrogens (tertiary/aromatic N) is 6. The van der Waals surface area contributed by atoms with Crippen LogP contribution in [0.2, 0.25) is 0 Å². The Bertz CT molecular complexity index is 2570. The molecule has 9 aromatic rings. The van der Waals surface area contributed by atoms with Crippen molar-refractivity contribution in [1.29, 1.82) is 0 Å². The lowest BCUT2D eigenvalue weighted by molar-refractivity contribution is 1.07. The standard InChI is InChI=1S/C42H26N6S/c1-4-10-27(11-5-1)28-16-20-32(21-17-28)40-46-39(31-14-8-3-9-15-31)47-41(48-40)33-22-18-29(19-23-33)34-24-35-37-36(49-42(35)44-25-34)26-43-38(45-37)30-12-6-2-7-13-30/h1-26H. The highest BCUT2D eigenvalue weighted by Crippen LogP contribution is 2.35. The molecule has 9 rings (SSSR count). The van der Waals surface area contributed by atoms with Crippen molar-refractivity contribution in [3.05, 3.63) is 158 Å². The molecule has 0 bridgehead atoms. The fourth-order valence-corrected chi connectivity index (χ4v) is 6.87. The van der Waals surface area contributed by atoms with Crippen molar-refractivity contribution in [3.63, 3.8) is 0 Å². The molecule has 49 heavy (non-hydrogen) atoms. The third-order valence-corrected chi connectivity index (χ3v) is 9.53. The minimum atomic E-state index is 0.616. The van der Waals surface area contributed by atoms with Crippen LogP contribution in [0.1, 0.15) is 0 Å². The molecule has 4 heterocycles. The largest absolute Gasteiger partial charge is 0.245 e. The molecule has 0 atom stereocenters. The van der Waals surface area contributed by atoms with Crippen molar-refractivity contribution < 1.29 is 0 Å². The smallest absolute Gasteiger partial charge is 0.164 e. The molecule has 0 saturated heterocycles. The fourth-order valence-electron chi connectivity index (χ4n) is 5.93. The second-order valence-corrected chi connectivity index (χ2v) is 12.7. The molecule has 5 aromatic carbocycles. The lowest BCUT2D eigenvalue weighted by atomic mass is 10.0. The predicted molar refractivity (Wildman–Crippen MR) is 199 cm³/mol. The van der Waals surface area contributed by atoms with E-state index >= 15 is 0 Å². The average Bonchev–Trinajstić information content (AvgIpc) is 3.56. The van der Waals surface area contributed by atoms with Gasteiger partial charge in [-0.2, -0.15) is 0 Å². The molecule has 0 fully saturated rings. The highest BCUT2D eigenvalue weighted by Gasteiger charge is 2.15. The molecule has 6 nitrogen and oxygen atoms in total. The molecular formula is C42H26N6S. The zero-order valence-corrected chi connectivity index (χ0v) is 26.9. The summed E-state index contributed by atoms with van der Waals surface area (Å²) in [6.45, 7) is 0. The van der Waals surface area contributed by atoms with E-state index in [4.69, 9.17) is 24.9 Å². The summed E-state index contributed by atoms with van der Waals surface area (Å²) in [6, 6.07) is 49.3. The molecule has 0 unspecified atom stereocenters. The highest BCUT2D eigenvalue weighted by atomic mass is 32.1. The summed E-state index contributed by atoms with van der Waals surface area (Å²) in [4.78, 5) is 30.1. The number of hydrogen-bond acceptors (Lipinski definition) is 7. The van der Waals surface area contributed by atoms with Crippen LogP contribution in [0, 0.1) is 0 Å². The van der Waals surface area contributed by atoms with E-state index in [1.165, 1.54) is 5.56 Å². The Morgan fingerprint density at radius 3 is 1.33 bits per heavy atom. The Morgan fingerprint density at radius 1 is 0.347 bits per heavy atom. The van der Waals surface area contributed by atoms with Gasteiger partial charge in [0.05, 0.1) is 10.2 Å². The maximum Gasteiger partial charge on any atom is 0.164 e. The van der Waals surface area contributed by atoms with Crippen LogP contribution >= 0.6 is 11.3 Å². The Hall–Kier alpha value is -6.44. The summed E-state index contributed by atoms with van der Waals surface area (Å²) >= 11 is 1.61. The third kappa shape index (κ3) is 5.62. The first kappa shape index (κ1) is 28.8. The van der Waals surface area contributed by atoms with Gasteiger partial charge in [-0.05, 0) is 22.8 Å². The normalized spacial score (nSPS) is 11.3. The van der Waals surface area contributed by atoms with Gasteiger partial charge in [-0.1, -0.05) is 140 Å². The first-order valence-corrected chi connectivity index (χ1v) is 16.8. The summed E-state index contributed by atoms with van der Waals surface area (Å²) in [7, 11) is 0. The molecule has 0 aliphatic rings. The number of pyridine rings is 1. The lowest BCUT2D eigenvalue weighted by Crippen LogP contribution is -2.00. The zero-order chi connectivity index (χ0) is 32.6. The fraction of sp³-hybridized carbons (Fsp3) is 0. The van der Waals surface area contributed by atoms with Crippen LogP contribution in [0.4, 0.5) is 0 Å². The summed E-state index contributed by atoms with van der Waals surface area (Å²) in [5.74, 6) is 2.59. The van der Waals surface area contributed by atoms with E-state index in [0.29, 0.717) is 23.3 Å². The molecule has 0 saturated carbocycles.